The topological polar surface area (TPSA) is 111 Å². The average Bonchev–Trinajstić information content (AvgIpc) is 3.08. The predicted molar refractivity (Wildman–Crippen MR) is 179 cm³/mol. The minimum Gasteiger partial charge on any atom is -0.344 e. The Labute approximate surface area is 282 Å². The standard InChI is InChI=1S/C36H52F3N5O4/c1-5-31(45)42-32(34(47)44-19-17-43(4)18-20-44)24(3)26-15-16-30(29(37)21-26)41-33(46)28(25-13-11-23(2)12-14-25)22-40-35(48)36(38,39)27-9-7-6-8-10-27/h15-16,21-25,27-28,32H,5-14,17-20H2,1-4H3,(H,41,46)(H,42,45)/t23?,24-,25?,28?,32+/m0/s1. The van der Waals surface area contributed by atoms with Gasteiger partial charge in [0, 0.05) is 50.7 Å². The highest BCUT2D eigenvalue weighted by atomic mass is 19.3. The van der Waals surface area contributed by atoms with Gasteiger partial charge in [-0.25, -0.2) is 9.38 Å². The van der Waals surface area contributed by atoms with Crippen LogP contribution in [0.4, 0.5) is 18.9 Å². The monoisotopic (exact) mass is 675 g/mol. The van der Waals surface area contributed by atoms with Crippen molar-refractivity contribution in [3.63, 3.8) is 0 Å². The number of aliphatic imine (C=N–C) groups is 1. The fourth-order valence-electron chi connectivity index (χ4n) is 7.15. The van der Waals surface area contributed by atoms with Crippen LogP contribution >= 0.6 is 0 Å². The summed E-state index contributed by atoms with van der Waals surface area (Å²) in [4.78, 5) is 59.7. The lowest BCUT2D eigenvalue weighted by Crippen LogP contribution is -2.55. The summed E-state index contributed by atoms with van der Waals surface area (Å²) in [6.45, 7) is 8.02. The van der Waals surface area contributed by atoms with Crippen LogP contribution < -0.4 is 10.6 Å². The number of benzene rings is 1. The van der Waals surface area contributed by atoms with Crippen LogP contribution in [-0.4, -0.2) is 84.8 Å². The van der Waals surface area contributed by atoms with Crippen molar-refractivity contribution in [2.45, 2.75) is 103 Å². The van der Waals surface area contributed by atoms with Crippen LogP contribution in [0.5, 0.6) is 0 Å². The van der Waals surface area contributed by atoms with Crippen molar-refractivity contribution in [1.29, 1.82) is 0 Å². The first-order chi connectivity index (χ1) is 22.8. The number of likely N-dealkylation sites (N-methyl/N-ethyl adjacent to an activating group) is 1. The maximum Gasteiger partial charge on any atom is 0.329 e. The third kappa shape index (κ3) is 9.45. The second kappa shape index (κ2) is 16.9. The van der Waals surface area contributed by atoms with Gasteiger partial charge in [-0.1, -0.05) is 58.9 Å². The number of hydrogen-bond donors (Lipinski definition) is 2. The summed E-state index contributed by atoms with van der Waals surface area (Å²) in [5, 5.41) is 5.42. The molecule has 9 nitrogen and oxygen atoms in total. The Kier molecular flexibility index (Phi) is 13.2. The number of nitrogens with one attached hydrogen (secondary N) is 2. The van der Waals surface area contributed by atoms with Crippen LogP contribution in [-0.2, 0) is 19.2 Å². The molecule has 0 bridgehead atoms. The quantitative estimate of drug-likeness (QED) is 0.289. The minimum atomic E-state index is -3.60. The molecule has 1 unspecified atom stereocenters. The number of amides is 4. The Hall–Kier alpha value is -3.28. The van der Waals surface area contributed by atoms with Crippen molar-refractivity contribution in [2.24, 2.45) is 28.7 Å². The Morgan fingerprint density at radius 2 is 1.65 bits per heavy atom. The Balaban J connectivity index is 1.51. The first-order valence-electron chi connectivity index (χ1n) is 17.6. The van der Waals surface area contributed by atoms with E-state index in [1.807, 2.05) is 7.05 Å². The summed E-state index contributed by atoms with van der Waals surface area (Å²) in [6.07, 6.45) is 6.93. The highest BCUT2D eigenvalue weighted by Gasteiger charge is 2.47. The van der Waals surface area contributed by atoms with Gasteiger partial charge in [0.15, 0.2) is 0 Å². The third-order valence-corrected chi connectivity index (χ3v) is 10.6. The number of carbonyl (C=O) groups excluding carboxylic acids is 4. The number of rotatable bonds is 11. The van der Waals surface area contributed by atoms with Gasteiger partial charge in [-0.2, -0.15) is 8.78 Å². The first kappa shape index (κ1) is 37.5. The normalized spacial score (nSPS) is 23.4. The smallest absolute Gasteiger partial charge is 0.329 e. The lowest BCUT2D eigenvalue weighted by Gasteiger charge is -2.36. The molecule has 1 saturated heterocycles. The molecule has 266 valence electrons. The van der Waals surface area contributed by atoms with Crippen LogP contribution in [0.2, 0.25) is 0 Å². The zero-order valence-electron chi connectivity index (χ0n) is 28.8. The van der Waals surface area contributed by atoms with Crippen molar-refractivity contribution in [2.75, 3.05) is 38.5 Å². The SMILES string of the molecule is CCC(=O)N[C@@H](C(=O)N1CCN(C)CC1)[C@@H](C)c1ccc(NC(=O)C(C=NC(=O)C(F)(F)C2CCCCC2)C2CCC(C)CC2)c(F)c1. The maximum atomic E-state index is 15.6. The van der Waals surface area contributed by atoms with Crippen LogP contribution in [0.3, 0.4) is 0 Å². The summed E-state index contributed by atoms with van der Waals surface area (Å²) >= 11 is 0. The van der Waals surface area contributed by atoms with Gasteiger partial charge in [0.05, 0.1) is 11.6 Å². The highest BCUT2D eigenvalue weighted by molar-refractivity contribution is 6.04. The number of halogens is 3. The molecule has 1 aromatic rings. The Bertz CT molecular complexity index is 1320. The van der Waals surface area contributed by atoms with Gasteiger partial charge in [0.1, 0.15) is 11.9 Å². The summed E-state index contributed by atoms with van der Waals surface area (Å²) < 4.78 is 45.6. The molecule has 0 aromatic heterocycles. The fraction of sp³-hybridized carbons (Fsp3) is 0.694. The van der Waals surface area contributed by atoms with Crippen LogP contribution in [0.1, 0.15) is 96.5 Å². The minimum absolute atomic E-state index is 0.114. The van der Waals surface area contributed by atoms with Crippen LogP contribution in [0, 0.1) is 29.5 Å². The molecule has 3 fully saturated rings. The van der Waals surface area contributed by atoms with Gasteiger partial charge < -0.3 is 20.4 Å². The second-order valence-electron chi connectivity index (χ2n) is 14.1. The van der Waals surface area contributed by atoms with E-state index in [2.05, 4.69) is 27.4 Å². The van der Waals surface area contributed by atoms with Crippen molar-refractivity contribution in [3.05, 3.63) is 29.6 Å². The van der Waals surface area contributed by atoms with Crippen molar-refractivity contribution in [3.8, 4) is 0 Å². The van der Waals surface area contributed by atoms with E-state index in [-0.39, 0.29) is 42.7 Å². The molecule has 0 radical (unpaired) electrons. The van der Waals surface area contributed by atoms with Gasteiger partial charge in [-0.15, -0.1) is 0 Å². The maximum absolute atomic E-state index is 15.6. The highest BCUT2D eigenvalue weighted by Crippen LogP contribution is 2.38. The molecule has 0 spiro atoms. The molecule has 2 aliphatic carbocycles. The van der Waals surface area contributed by atoms with E-state index in [0.717, 1.165) is 25.5 Å². The summed E-state index contributed by atoms with van der Waals surface area (Å²) in [5.74, 6) is -9.41. The van der Waals surface area contributed by atoms with Crippen molar-refractivity contribution < 1.29 is 32.3 Å². The number of anilines is 1. The number of carbonyl (C=O) groups is 4. The predicted octanol–water partition coefficient (Wildman–Crippen LogP) is 5.79. The zero-order valence-corrected chi connectivity index (χ0v) is 28.8. The van der Waals surface area contributed by atoms with E-state index in [1.165, 1.54) is 12.1 Å². The molecule has 1 heterocycles. The van der Waals surface area contributed by atoms with E-state index in [4.69, 9.17) is 0 Å². The van der Waals surface area contributed by atoms with E-state index in [9.17, 15) is 19.2 Å². The van der Waals surface area contributed by atoms with Crippen LogP contribution in [0.25, 0.3) is 0 Å². The number of alkyl halides is 2. The molecule has 48 heavy (non-hydrogen) atoms. The fourth-order valence-corrected chi connectivity index (χ4v) is 7.15. The molecule has 1 aliphatic heterocycles. The van der Waals surface area contributed by atoms with Crippen molar-refractivity contribution >= 4 is 35.5 Å². The number of piperazine rings is 1. The molecule has 2 saturated carbocycles. The second-order valence-corrected chi connectivity index (χ2v) is 14.1. The Morgan fingerprint density at radius 1 is 1.00 bits per heavy atom. The van der Waals surface area contributed by atoms with Gasteiger partial charge in [-0.05, 0) is 62.3 Å². The summed E-state index contributed by atoms with van der Waals surface area (Å²) in [6, 6.07) is 3.34. The number of nitrogens with zero attached hydrogens (tertiary/aromatic N) is 3. The average molecular weight is 676 g/mol. The molecular formula is C36H52F3N5O4. The summed E-state index contributed by atoms with van der Waals surface area (Å²) in [5.41, 5.74) is 0.348. The molecule has 1 aromatic carbocycles. The van der Waals surface area contributed by atoms with E-state index < -0.39 is 47.3 Å². The van der Waals surface area contributed by atoms with Crippen molar-refractivity contribution in [1.82, 2.24) is 15.1 Å². The lowest BCUT2D eigenvalue weighted by molar-refractivity contribution is -0.152. The number of hydrogen-bond acceptors (Lipinski definition) is 5. The molecule has 3 atom stereocenters. The molecular weight excluding hydrogens is 623 g/mol. The molecule has 12 heteroatoms. The van der Waals surface area contributed by atoms with Gasteiger partial charge in [-0.3, -0.25) is 19.2 Å². The van der Waals surface area contributed by atoms with E-state index in [1.54, 1.807) is 24.8 Å². The van der Waals surface area contributed by atoms with Gasteiger partial charge in [0.2, 0.25) is 17.7 Å². The van der Waals surface area contributed by atoms with E-state index in [0.29, 0.717) is 63.3 Å². The van der Waals surface area contributed by atoms with Gasteiger partial charge >= 0.3 is 11.8 Å². The third-order valence-electron chi connectivity index (χ3n) is 10.6. The van der Waals surface area contributed by atoms with Gasteiger partial charge in [0.25, 0.3) is 0 Å². The Morgan fingerprint density at radius 3 is 2.25 bits per heavy atom. The molecule has 3 aliphatic rings. The molecule has 2 N–H and O–H groups in total. The molecule has 4 rings (SSSR count). The molecule has 4 amide bonds. The zero-order chi connectivity index (χ0) is 35.0. The largest absolute Gasteiger partial charge is 0.344 e. The first-order valence-corrected chi connectivity index (χ1v) is 17.6. The summed E-state index contributed by atoms with van der Waals surface area (Å²) in [7, 11) is 1.98. The van der Waals surface area contributed by atoms with E-state index >= 15 is 13.2 Å². The lowest BCUT2D eigenvalue weighted by atomic mass is 9.76. The van der Waals surface area contributed by atoms with Crippen LogP contribution in [0.15, 0.2) is 23.2 Å².